The number of nitro groups is 1. The lowest BCUT2D eigenvalue weighted by atomic mass is 10.1. The second kappa shape index (κ2) is 6.11. The van der Waals surface area contributed by atoms with Gasteiger partial charge in [0.15, 0.2) is 5.75 Å². The number of aromatic hydroxyl groups is 1. The topological polar surface area (TPSA) is 122 Å². The Balaban J connectivity index is 2.50. The van der Waals surface area contributed by atoms with E-state index in [2.05, 4.69) is 5.10 Å². The molecule has 2 rings (SSSR count). The zero-order chi connectivity index (χ0) is 17.1. The van der Waals surface area contributed by atoms with Crippen molar-refractivity contribution in [2.24, 2.45) is 5.10 Å². The van der Waals surface area contributed by atoms with Crippen molar-refractivity contribution < 1.29 is 10.0 Å². The van der Waals surface area contributed by atoms with Crippen LogP contribution in [0.4, 0.5) is 5.69 Å². The van der Waals surface area contributed by atoms with E-state index in [1.54, 1.807) is 19.9 Å². The lowest BCUT2D eigenvalue weighted by Crippen LogP contribution is -2.22. The molecule has 0 radical (unpaired) electrons. The van der Waals surface area contributed by atoms with Crippen LogP contribution in [0.25, 0.3) is 0 Å². The third-order valence-corrected chi connectivity index (χ3v) is 3.19. The molecular formula is C15H12N4O4. The third kappa shape index (κ3) is 3.08. The van der Waals surface area contributed by atoms with Crippen molar-refractivity contribution in [3.05, 3.63) is 67.1 Å². The highest BCUT2D eigenvalue weighted by atomic mass is 16.6. The first-order valence-corrected chi connectivity index (χ1v) is 6.50. The first-order valence-electron chi connectivity index (χ1n) is 6.50. The minimum atomic E-state index is -0.718. The number of benzene rings is 1. The maximum absolute atomic E-state index is 12.2. The van der Waals surface area contributed by atoms with Gasteiger partial charge in [0.1, 0.15) is 11.6 Å². The monoisotopic (exact) mass is 312 g/mol. The fraction of sp³-hybridized carbons (Fsp3) is 0.133. The van der Waals surface area contributed by atoms with Crippen molar-refractivity contribution in [2.45, 2.75) is 13.8 Å². The number of aromatic nitrogens is 1. The lowest BCUT2D eigenvalue weighted by molar-refractivity contribution is -0.385. The van der Waals surface area contributed by atoms with Crippen LogP contribution in [0.3, 0.4) is 0 Å². The van der Waals surface area contributed by atoms with Gasteiger partial charge in [-0.3, -0.25) is 14.9 Å². The largest absolute Gasteiger partial charge is 0.502 e. The van der Waals surface area contributed by atoms with Crippen molar-refractivity contribution in [3.63, 3.8) is 0 Å². The number of hydrogen-bond acceptors (Lipinski definition) is 6. The van der Waals surface area contributed by atoms with Gasteiger partial charge in [0, 0.05) is 17.3 Å². The van der Waals surface area contributed by atoms with E-state index in [1.807, 2.05) is 6.07 Å². The summed E-state index contributed by atoms with van der Waals surface area (Å²) in [5.74, 6) is -0.456. The number of nitrogens with zero attached hydrogens (tertiary/aromatic N) is 4. The second-order valence-electron chi connectivity index (χ2n) is 4.82. The third-order valence-electron chi connectivity index (χ3n) is 3.19. The van der Waals surface area contributed by atoms with E-state index in [0.29, 0.717) is 16.8 Å². The Morgan fingerprint density at radius 2 is 2.09 bits per heavy atom. The molecule has 0 saturated heterocycles. The number of pyridine rings is 1. The molecule has 0 atom stereocenters. The molecule has 0 amide bonds. The Morgan fingerprint density at radius 1 is 1.39 bits per heavy atom. The number of rotatable bonds is 3. The summed E-state index contributed by atoms with van der Waals surface area (Å²) in [6.07, 6.45) is 1.25. The minimum absolute atomic E-state index is 0.00978. The number of nitro benzene ring substituents is 1. The Morgan fingerprint density at radius 3 is 2.70 bits per heavy atom. The molecule has 0 unspecified atom stereocenters. The highest BCUT2D eigenvalue weighted by Crippen LogP contribution is 2.25. The first-order chi connectivity index (χ1) is 10.8. The minimum Gasteiger partial charge on any atom is -0.502 e. The van der Waals surface area contributed by atoms with Crippen LogP contribution in [0.15, 0.2) is 34.2 Å². The highest BCUT2D eigenvalue weighted by molar-refractivity contribution is 5.81. The number of hydrogen-bond donors (Lipinski definition) is 1. The van der Waals surface area contributed by atoms with E-state index in [1.165, 1.54) is 18.3 Å². The number of phenols is 1. The predicted octanol–water partition coefficient (Wildman–Crippen LogP) is 1.83. The van der Waals surface area contributed by atoms with Crippen LogP contribution in [-0.4, -0.2) is 20.9 Å². The van der Waals surface area contributed by atoms with E-state index < -0.39 is 21.9 Å². The normalized spacial score (nSPS) is 10.7. The fourth-order valence-electron chi connectivity index (χ4n) is 2.05. The van der Waals surface area contributed by atoms with Crippen molar-refractivity contribution in [1.82, 2.24) is 4.68 Å². The number of aryl methyl sites for hydroxylation is 2. The van der Waals surface area contributed by atoms with Gasteiger partial charge < -0.3 is 5.11 Å². The van der Waals surface area contributed by atoms with Crippen LogP contribution in [0.2, 0.25) is 0 Å². The molecule has 116 valence electrons. The van der Waals surface area contributed by atoms with Gasteiger partial charge in [-0.1, -0.05) is 0 Å². The maximum atomic E-state index is 12.2. The van der Waals surface area contributed by atoms with Crippen molar-refractivity contribution in [3.8, 4) is 11.8 Å². The van der Waals surface area contributed by atoms with Gasteiger partial charge in [0.05, 0.1) is 11.1 Å². The van der Waals surface area contributed by atoms with Crippen LogP contribution >= 0.6 is 0 Å². The van der Waals surface area contributed by atoms with Gasteiger partial charge in [-0.15, -0.1) is 0 Å². The van der Waals surface area contributed by atoms with Crippen molar-refractivity contribution >= 4 is 11.9 Å². The van der Waals surface area contributed by atoms with E-state index in [0.717, 1.165) is 10.7 Å². The summed E-state index contributed by atoms with van der Waals surface area (Å²) in [5, 5.41) is 33.2. The number of phenolic OH excluding ortho intramolecular Hbond substituents is 1. The molecule has 8 heteroatoms. The first kappa shape index (κ1) is 15.9. The van der Waals surface area contributed by atoms with Crippen LogP contribution < -0.4 is 5.56 Å². The van der Waals surface area contributed by atoms with Gasteiger partial charge in [0.2, 0.25) is 0 Å². The summed E-state index contributed by atoms with van der Waals surface area (Å²) in [7, 11) is 0. The molecule has 8 nitrogen and oxygen atoms in total. The van der Waals surface area contributed by atoms with Crippen molar-refractivity contribution in [1.29, 1.82) is 5.26 Å². The summed E-state index contributed by atoms with van der Waals surface area (Å²) < 4.78 is 1.05. The molecule has 0 bridgehead atoms. The molecule has 0 aliphatic heterocycles. The summed E-state index contributed by atoms with van der Waals surface area (Å²) in [4.78, 5) is 22.2. The number of nitriles is 1. The molecule has 23 heavy (non-hydrogen) atoms. The zero-order valence-corrected chi connectivity index (χ0v) is 12.3. The molecule has 1 aromatic carbocycles. The lowest BCUT2D eigenvalue weighted by Gasteiger charge is -2.06. The quantitative estimate of drug-likeness (QED) is 0.526. The van der Waals surface area contributed by atoms with E-state index in [9.17, 15) is 20.0 Å². The average Bonchev–Trinajstić information content (AvgIpc) is 2.48. The summed E-state index contributed by atoms with van der Waals surface area (Å²) in [6.45, 7) is 3.32. The van der Waals surface area contributed by atoms with Gasteiger partial charge in [0.25, 0.3) is 5.56 Å². The molecule has 0 aliphatic carbocycles. The molecule has 1 heterocycles. The van der Waals surface area contributed by atoms with Gasteiger partial charge in [-0.25, -0.2) is 4.68 Å². The van der Waals surface area contributed by atoms with Gasteiger partial charge in [-0.2, -0.15) is 10.4 Å². The van der Waals surface area contributed by atoms with Crippen molar-refractivity contribution in [2.75, 3.05) is 0 Å². The van der Waals surface area contributed by atoms with Gasteiger partial charge >= 0.3 is 5.69 Å². The zero-order valence-electron chi connectivity index (χ0n) is 12.3. The molecule has 0 aliphatic rings. The summed E-state index contributed by atoms with van der Waals surface area (Å²) in [6, 6.07) is 7.21. The molecule has 2 aromatic rings. The molecule has 0 spiro atoms. The van der Waals surface area contributed by atoms with Crippen LogP contribution in [0.1, 0.15) is 22.4 Å². The van der Waals surface area contributed by atoms with E-state index in [-0.39, 0.29) is 5.56 Å². The Labute approximate surface area is 130 Å². The van der Waals surface area contributed by atoms with Crippen LogP contribution in [0.5, 0.6) is 5.75 Å². The smallest absolute Gasteiger partial charge is 0.311 e. The highest BCUT2D eigenvalue weighted by Gasteiger charge is 2.13. The summed E-state index contributed by atoms with van der Waals surface area (Å²) >= 11 is 0. The van der Waals surface area contributed by atoms with Crippen LogP contribution in [0, 0.1) is 35.3 Å². The van der Waals surface area contributed by atoms with E-state index in [4.69, 9.17) is 5.26 Å². The van der Waals surface area contributed by atoms with Gasteiger partial charge in [-0.05, 0) is 37.6 Å². The predicted molar refractivity (Wildman–Crippen MR) is 82.6 cm³/mol. The molecule has 1 aromatic heterocycles. The second-order valence-corrected chi connectivity index (χ2v) is 4.82. The molecule has 0 fully saturated rings. The SMILES string of the molecule is Cc1cc(C)n(/N=C/c2ccc(O)c([N+](=O)[O-])c2)c(=O)c1C#N. The van der Waals surface area contributed by atoms with Crippen LogP contribution in [-0.2, 0) is 0 Å². The fourth-order valence-corrected chi connectivity index (χ4v) is 2.05. The van der Waals surface area contributed by atoms with E-state index >= 15 is 0 Å². The maximum Gasteiger partial charge on any atom is 0.311 e. The molecule has 0 saturated carbocycles. The Bertz CT molecular complexity index is 922. The standard InChI is InChI=1S/C15H12N4O4/c1-9-5-10(2)18(15(21)12(9)7-16)17-8-11-3-4-14(20)13(6-11)19(22)23/h3-6,8,20H,1-2H3/b17-8+. The molecular weight excluding hydrogens is 300 g/mol. The molecule has 1 N–H and O–H groups in total. The Kier molecular flexibility index (Phi) is 4.23. The average molecular weight is 312 g/mol. The summed E-state index contributed by atoms with van der Waals surface area (Å²) in [5.41, 5.74) is 0.385. The Hall–Kier alpha value is -3.47.